The molecule has 1 amide bonds. The van der Waals surface area contributed by atoms with E-state index in [9.17, 15) is 4.79 Å². The highest BCUT2D eigenvalue weighted by Crippen LogP contribution is 2.25. The first-order valence-corrected chi connectivity index (χ1v) is 10.3. The Bertz CT molecular complexity index is 969. The van der Waals surface area contributed by atoms with Gasteiger partial charge in [-0.05, 0) is 35.4 Å². The number of carbonyl (C=O) groups excluding carboxylic acids is 1. The molecule has 0 unspecified atom stereocenters. The maximum atomic E-state index is 12.9. The highest BCUT2D eigenvalue weighted by atomic mass is 16.5. The van der Waals surface area contributed by atoms with Gasteiger partial charge in [0.1, 0.15) is 11.5 Å². The Hall–Kier alpha value is -3.15. The largest absolute Gasteiger partial charge is 0.457 e. The lowest BCUT2D eigenvalue weighted by Crippen LogP contribution is -2.36. The monoisotopic (exact) mass is 402 g/mol. The molecule has 1 saturated heterocycles. The number of para-hydroxylation sites is 2. The molecular formula is C25H26N2O3. The number of ether oxygens (including phenoxy) is 2. The van der Waals surface area contributed by atoms with Gasteiger partial charge >= 0.3 is 0 Å². The molecule has 4 rings (SSSR count). The van der Waals surface area contributed by atoms with Crippen LogP contribution in [-0.4, -0.2) is 37.1 Å². The van der Waals surface area contributed by atoms with Crippen LogP contribution < -0.4 is 10.1 Å². The molecular weight excluding hydrogens is 376 g/mol. The second-order valence-electron chi connectivity index (χ2n) is 7.25. The molecule has 1 heterocycles. The minimum atomic E-state index is -0.150. The molecule has 1 aliphatic heterocycles. The summed E-state index contributed by atoms with van der Waals surface area (Å²) < 4.78 is 11.4. The minimum absolute atomic E-state index is 0.150. The molecule has 0 saturated carbocycles. The summed E-state index contributed by atoms with van der Waals surface area (Å²) in [5.41, 5.74) is 2.87. The predicted octanol–water partition coefficient (Wildman–Crippen LogP) is 4.24. The molecule has 5 nitrogen and oxygen atoms in total. The molecule has 3 aromatic rings. The molecule has 5 heteroatoms. The number of amides is 1. The van der Waals surface area contributed by atoms with Gasteiger partial charge < -0.3 is 14.8 Å². The van der Waals surface area contributed by atoms with E-state index in [0.29, 0.717) is 23.6 Å². The summed E-state index contributed by atoms with van der Waals surface area (Å²) in [5, 5.41) is 3.06. The molecule has 1 N–H and O–H groups in total. The molecule has 30 heavy (non-hydrogen) atoms. The molecule has 0 spiro atoms. The number of hydrogen-bond acceptors (Lipinski definition) is 4. The summed E-state index contributed by atoms with van der Waals surface area (Å²) in [6.45, 7) is 4.76. The van der Waals surface area contributed by atoms with Gasteiger partial charge in [0, 0.05) is 26.2 Å². The Balaban J connectivity index is 1.43. The maximum absolute atomic E-state index is 12.9. The van der Waals surface area contributed by atoms with E-state index in [1.807, 2.05) is 60.7 Å². The lowest BCUT2D eigenvalue weighted by molar-refractivity contribution is 0.0340. The van der Waals surface area contributed by atoms with Gasteiger partial charge in [0.05, 0.1) is 18.8 Å². The SMILES string of the molecule is O=C(NCc1ccccc1CN1CCOCC1)c1ccccc1Oc1ccccc1. The van der Waals surface area contributed by atoms with Gasteiger partial charge in [0.2, 0.25) is 0 Å². The molecule has 154 valence electrons. The minimum Gasteiger partial charge on any atom is -0.457 e. The lowest BCUT2D eigenvalue weighted by atomic mass is 10.1. The van der Waals surface area contributed by atoms with Crippen molar-refractivity contribution in [2.75, 3.05) is 26.3 Å². The van der Waals surface area contributed by atoms with Crippen molar-refractivity contribution in [3.63, 3.8) is 0 Å². The number of morpholine rings is 1. The van der Waals surface area contributed by atoms with E-state index in [-0.39, 0.29) is 5.91 Å². The number of benzene rings is 3. The molecule has 0 bridgehead atoms. The fourth-order valence-corrected chi connectivity index (χ4v) is 3.51. The summed E-state index contributed by atoms with van der Waals surface area (Å²) in [6, 6.07) is 25.1. The van der Waals surface area contributed by atoms with E-state index in [2.05, 4.69) is 22.3 Å². The van der Waals surface area contributed by atoms with Crippen LogP contribution in [0, 0.1) is 0 Å². The van der Waals surface area contributed by atoms with Crippen molar-refractivity contribution >= 4 is 5.91 Å². The normalized spacial score (nSPS) is 14.3. The van der Waals surface area contributed by atoms with E-state index < -0.39 is 0 Å². The Morgan fingerprint density at radius 1 is 0.867 bits per heavy atom. The third kappa shape index (κ3) is 5.26. The highest BCUT2D eigenvalue weighted by molar-refractivity contribution is 5.97. The molecule has 0 aromatic heterocycles. The lowest BCUT2D eigenvalue weighted by Gasteiger charge is -2.27. The number of nitrogens with zero attached hydrogens (tertiary/aromatic N) is 1. The molecule has 0 atom stereocenters. The zero-order valence-corrected chi connectivity index (χ0v) is 16.9. The highest BCUT2D eigenvalue weighted by Gasteiger charge is 2.15. The number of nitrogens with one attached hydrogen (secondary N) is 1. The van der Waals surface area contributed by atoms with Crippen LogP contribution in [0.5, 0.6) is 11.5 Å². The van der Waals surface area contributed by atoms with Crippen molar-refractivity contribution in [2.24, 2.45) is 0 Å². The summed E-state index contributed by atoms with van der Waals surface area (Å²) in [6.07, 6.45) is 0. The van der Waals surface area contributed by atoms with Crippen LogP contribution in [0.1, 0.15) is 21.5 Å². The van der Waals surface area contributed by atoms with Crippen molar-refractivity contribution < 1.29 is 14.3 Å². The summed E-state index contributed by atoms with van der Waals surface area (Å²) >= 11 is 0. The smallest absolute Gasteiger partial charge is 0.255 e. The van der Waals surface area contributed by atoms with Gasteiger partial charge in [-0.2, -0.15) is 0 Å². The van der Waals surface area contributed by atoms with Gasteiger partial charge in [0.25, 0.3) is 5.91 Å². The second-order valence-corrected chi connectivity index (χ2v) is 7.25. The van der Waals surface area contributed by atoms with Crippen LogP contribution >= 0.6 is 0 Å². The number of rotatable bonds is 7. The summed E-state index contributed by atoms with van der Waals surface area (Å²) in [4.78, 5) is 15.3. The predicted molar refractivity (Wildman–Crippen MR) is 117 cm³/mol. The standard InChI is InChI=1S/C25H26N2O3/c28-25(23-12-6-7-13-24(23)30-22-10-2-1-3-11-22)26-18-20-8-4-5-9-21(20)19-27-14-16-29-17-15-27/h1-13H,14-19H2,(H,26,28). The van der Waals surface area contributed by atoms with Crippen LogP contribution in [0.15, 0.2) is 78.9 Å². The summed E-state index contributed by atoms with van der Waals surface area (Å²) in [5.74, 6) is 1.10. The van der Waals surface area contributed by atoms with Crippen LogP contribution in [0.3, 0.4) is 0 Å². The Morgan fingerprint density at radius 2 is 1.53 bits per heavy atom. The van der Waals surface area contributed by atoms with Gasteiger partial charge in [0.15, 0.2) is 0 Å². The Kier molecular flexibility index (Phi) is 6.75. The van der Waals surface area contributed by atoms with Crippen LogP contribution in [0.4, 0.5) is 0 Å². The third-order valence-electron chi connectivity index (χ3n) is 5.16. The zero-order chi connectivity index (χ0) is 20.6. The second kappa shape index (κ2) is 10.1. The van der Waals surface area contributed by atoms with Gasteiger partial charge in [-0.1, -0.05) is 54.6 Å². The van der Waals surface area contributed by atoms with E-state index in [1.165, 1.54) is 5.56 Å². The van der Waals surface area contributed by atoms with Gasteiger partial charge in [-0.25, -0.2) is 0 Å². The Labute approximate surface area is 177 Å². The first-order chi connectivity index (χ1) is 14.8. The molecule has 0 radical (unpaired) electrons. The quantitative estimate of drug-likeness (QED) is 0.642. The van der Waals surface area contributed by atoms with Crippen molar-refractivity contribution in [3.05, 3.63) is 95.6 Å². The van der Waals surface area contributed by atoms with E-state index in [4.69, 9.17) is 9.47 Å². The Morgan fingerprint density at radius 3 is 2.33 bits per heavy atom. The number of carbonyl (C=O) groups is 1. The first kappa shape index (κ1) is 20.1. The average Bonchev–Trinajstić information content (AvgIpc) is 2.80. The van der Waals surface area contributed by atoms with E-state index >= 15 is 0 Å². The molecule has 1 fully saturated rings. The number of hydrogen-bond donors (Lipinski definition) is 1. The van der Waals surface area contributed by atoms with Gasteiger partial charge in [-0.3, -0.25) is 9.69 Å². The van der Waals surface area contributed by atoms with Crippen LogP contribution in [-0.2, 0) is 17.8 Å². The molecule has 3 aromatic carbocycles. The van der Waals surface area contributed by atoms with Gasteiger partial charge in [-0.15, -0.1) is 0 Å². The fourth-order valence-electron chi connectivity index (χ4n) is 3.51. The van der Waals surface area contributed by atoms with Crippen LogP contribution in [0.2, 0.25) is 0 Å². The summed E-state index contributed by atoms with van der Waals surface area (Å²) in [7, 11) is 0. The zero-order valence-electron chi connectivity index (χ0n) is 16.9. The van der Waals surface area contributed by atoms with Crippen molar-refractivity contribution in [3.8, 4) is 11.5 Å². The van der Waals surface area contributed by atoms with Crippen LogP contribution in [0.25, 0.3) is 0 Å². The molecule has 0 aliphatic carbocycles. The van der Waals surface area contributed by atoms with Crippen molar-refractivity contribution in [1.82, 2.24) is 10.2 Å². The van der Waals surface area contributed by atoms with E-state index in [1.54, 1.807) is 6.07 Å². The van der Waals surface area contributed by atoms with Crippen molar-refractivity contribution in [1.29, 1.82) is 0 Å². The molecule has 1 aliphatic rings. The van der Waals surface area contributed by atoms with E-state index in [0.717, 1.165) is 38.4 Å². The fraction of sp³-hybridized carbons (Fsp3) is 0.240. The topological polar surface area (TPSA) is 50.8 Å². The third-order valence-corrected chi connectivity index (χ3v) is 5.16. The maximum Gasteiger partial charge on any atom is 0.255 e. The average molecular weight is 402 g/mol. The first-order valence-electron chi connectivity index (χ1n) is 10.3. The van der Waals surface area contributed by atoms with Crippen molar-refractivity contribution in [2.45, 2.75) is 13.1 Å².